The van der Waals surface area contributed by atoms with E-state index >= 15 is 0 Å². The zero-order valence-electron chi connectivity index (χ0n) is 15.9. The molecule has 2 nitrogen and oxygen atoms in total. The van der Waals surface area contributed by atoms with Crippen LogP contribution < -0.4 is 11.2 Å². The van der Waals surface area contributed by atoms with E-state index < -0.39 is 0 Å². The van der Waals surface area contributed by atoms with Gasteiger partial charge in [-0.25, -0.2) is 0 Å². The number of aryl methyl sites for hydroxylation is 2. The molecule has 0 saturated heterocycles. The predicted molar refractivity (Wildman–Crippen MR) is 123 cm³/mol. The fourth-order valence-electron chi connectivity index (χ4n) is 3.03. The first-order valence-corrected chi connectivity index (χ1v) is 8.86. The van der Waals surface area contributed by atoms with Gasteiger partial charge in [-0.05, 0) is 65.3 Å². The van der Waals surface area contributed by atoms with E-state index in [9.17, 15) is 0 Å². The van der Waals surface area contributed by atoms with Crippen molar-refractivity contribution in [1.82, 2.24) is 9.97 Å². The summed E-state index contributed by atoms with van der Waals surface area (Å²) in [5, 5.41) is 0. The summed E-state index contributed by atoms with van der Waals surface area (Å²) in [6.07, 6.45) is 7.19. The summed E-state index contributed by atoms with van der Waals surface area (Å²) in [5.41, 5.74) is 12.8. The Morgan fingerprint density at radius 3 is 1.00 bits per heavy atom. The molecule has 2 aromatic rings. The molecule has 0 unspecified atom stereocenters. The van der Waals surface area contributed by atoms with Crippen molar-refractivity contribution >= 4 is 49.9 Å². The molecule has 0 saturated carbocycles. The molecule has 0 aromatic carbocycles. The molecule has 0 aliphatic carbocycles. The summed E-state index contributed by atoms with van der Waals surface area (Å²) in [6.45, 7) is 13.6. The molecule has 0 amide bonds. The molecular formula is C20H38B2MgN2. The Morgan fingerprint density at radius 1 is 0.520 bits per heavy atom. The van der Waals surface area contributed by atoms with Crippen LogP contribution in [0, 0.1) is 0 Å². The molecule has 0 atom stereocenters. The van der Waals surface area contributed by atoms with Crippen molar-refractivity contribution in [3.63, 3.8) is 0 Å². The number of rotatable bonds is 6. The maximum Gasteiger partial charge on any atom is 2.00 e. The van der Waals surface area contributed by atoms with Crippen LogP contribution in [0.5, 0.6) is 0 Å². The van der Waals surface area contributed by atoms with Crippen molar-refractivity contribution < 1.29 is 0 Å². The van der Waals surface area contributed by atoms with Crippen LogP contribution in [0.3, 0.4) is 0 Å². The molecule has 5 heteroatoms. The quantitative estimate of drug-likeness (QED) is 0.727. The summed E-state index contributed by atoms with van der Waals surface area (Å²) in [4.78, 5) is 7.15. The molecule has 2 heterocycles. The fraction of sp³-hybridized carbons (Fsp3) is 0.600. The van der Waals surface area contributed by atoms with E-state index in [0.29, 0.717) is 15.7 Å². The van der Waals surface area contributed by atoms with Crippen LogP contribution in [0.2, 0.25) is 0 Å². The van der Waals surface area contributed by atoms with Crippen LogP contribution in [-0.2, 0) is 38.5 Å². The van der Waals surface area contributed by atoms with Gasteiger partial charge in [0.25, 0.3) is 0 Å². The van der Waals surface area contributed by atoms with Gasteiger partial charge in [-0.1, -0.05) is 52.7 Å². The van der Waals surface area contributed by atoms with Crippen molar-refractivity contribution in [1.29, 1.82) is 0 Å². The van der Waals surface area contributed by atoms with Gasteiger partial charge in [-0.3, -0.25) is 0 Å². The third-order valence-electron chi connectivity index (χ3n) is 4.31. The second kappa shape index (κ2) is 12.0. The first kappa shape index (κ1) is 24.5. The van der Waals surface area contributed by atoms with Crippen LogP contribution in [0.25, 0.3) is 0 Å². The standard InChI is InChI=1S/2C10H19BN.Mg/c2*1-4-7-8(5-2)10(11)12-9(7)6-3;/h2*12H,4-6H2,1-3,11H3;/q2*-1;+2. The van der Waals surface area contributed by atoms with Gasteiger partial charge in [0.1, 0.15) is 0 Å². The zero-order valence-corrected chi connectivity index (χ0v) is 17.4. The van der Waals surface area contributed by atoms with Crippen molar-refractivity contribution in [2.45, 2.75) is 80.1 Å². The molecule has 25 heavy (non-hydrogen) atoms. The average molecular weight is 352 g/mol. The molecule has 0 aliphatic rings. The Kier molecular flexibility index (Phi) is 11.7. The van der Waals surface area contributed by atoms with Crippen LogP contribution in [0.1, 0.15) is 75.2 Å². The largest absolute Gasteiger partial charge is 2.00 e. The molecule has 0 radical (unpaired) electrons. The fourth-order valence-corrected chi connectivity index (χ4v) is 3.03. The Hall–Kier alpha value is -0.544. The maximum absolute atomic E-state index is 3.58. The van der Waals surface area contributed by atoms with Gasteiger partial charge in [0.15, 0.2) is 0 Å². The Morgan fingerprint density at radius 2 is 0.800 bits per heavy atom. The normalized spacial score (nSPS) is 10.2. The molecule has 2 rings (SSSR count). The van der Waals surface area contributed by atoms with E-state index in [-0.39, 0.29) is 23.1 Å². The number of aromatic amines is 2. The van der Waals surface area contributed by atoms with Gasteiger partial charge in [0.05, 0.1) is 0 Å². The minimum Gasteiger partial charge on any atom is -0.401 e. The maximum atomic E-state index is 3.58. The molecule has 0 aliphatic heterocycles. The number of aromatic nitrogens is 2. The SMILES string of the molecule is [BH3-]c1[nH]c(CC)c(CC)c1CC.[BH3-]c1[nH]c(CC)c(CC)c1CC.[Mg+2]. The minimum atomic E-state index is 0. The van der Waals surface area contributed by atoms with E-state index in [1.165, 1.54) is 49.9 Å². The van der Waals surface area contributed by atoms with Crippen molar-refractivity contribution in [2.75, 3.05) is 0 Å². The summed E-state index contributed by atoms with van der Waals surface area (Å²) in [7, 11) is 0.685. The molecule has 136 valence electrons. The van der Waals surface area contributed by atoms with E-state index in [1.807, 2.05) is 0 Å². The van der Waals surface area contributed by atoms with E-state index in [4.69, 9.17) is 0 Å². The zero-order chi connectivity index (χ0) is 18.3. The van der Waals surface area contributed by atoms with Crippen molar-refractivity contribution in [3.8, 4) is 0 Å². The van der Waals surface area contributed by atoms with E-state index in [0.717, 1.165) is 0 Å². The average Bonchev–Trinajstić information content (AvgIpc) is 3.09. The molecule has 2 N–H and O–H groups in total. The Labute approximate surface area is 173 Å². The van der Waals surface area contributed by atoms with Crippen molar-refractivity contribution in [2.24, 2.45) is 0 Å². The van der Waals surface area contributed by atoms with Gasteiger partial charge in [0.2, 0.25) is 0 Å². The minimum absolute atomic E-state index is 0. The number of hydrogen-bond acceptors (Lipinski definition) is 0. The van der Waals surface area contributed by atoms with E-state index in [1.54, 1.807) is 33.4 Å². The van der Waals surface area contributed by atoms with E-state index in [2.05, 4.69) is 51.5 Å². The Balaban J connectivity index is 0.000000443. The van der Waals surface area contributed by atoms with Gasteiger partial charge < -0.3 is 9.97 Å². The summed E-state index contributed by atoms with van der Waals surface area (Å²) in [5.74, 6) is 0. The van der Waals surface area contributed by atoms with Crippen LogP contribution in [0.4, 0.5) is 0 Å². The number of H-pyrrole nitrogens is 2. The van der Waals surface area contributed by atoms with Gasteiger partial charge in [0, 0.05) is 11.4 Å². The monoisotopic (exact) mass is 352 g/mol. The molecule has 0 bridgehead atoms. The van der Waals surface area contributed by atoms with Crippen molar-refractivity contribution in [3.05, 3.63) is 33.6 Å². The predicted octanol–water partition coefficient (Wildman–Crippen LogP) is 1.00. The molecular weight excluding hydrogens is 314 g/mol. The second-order valence-electron chi connectivity index (χ2n) is 5.49. The third kappa shape index (κ3) is 5.72. The number of hydrogen-bond donors (Lipinski definition) is 2. The summed E-state index contributed by atoms with van der Waals surface area (Å²) in [6, 6.07) is 0. The van der Waals surface area contributed by atoms with Crippen LogP contribution in [-0.4, -0.2) is 48.7 Å². The van der Waals surface area contributed by atoms with Gasteiger partial charge in [-0.15, -0.1) is 0 Å². The smallest absolute Gasteiger partial charge is 0.401 e. The third-order valence-corrected chi connectivity index (χ3v) is 4.31. The first-order valence-electron chi connectivity index (χ1n) is 8.86. The van der Waals surface area contributed by atoms with Gasteiger partial charge in [-0.2, -0.15) is 11.2 Å². The Bertz CT molecular complexity index is 588. The topological polar surface area (TPSA) is 31.6 Å². The number of nitrogens with one attached hydrogen (secondary N) is 2. The molecule has 0 fully saturated rings. The first-order chi connectivity index (χ1) is 11.5. The second-order valence-corrected chi connectivity index (χ2v) is 5.49. The summed E-state index contributed by atoms with van der Waals surface area (Å²) < 4.78 is 0. The van der Waals surface area contributed by atoms with Crippen LogP contribution in [0.15, 0.2) is 0 Å². The van der Waals surface area contributed by atoms with Crippen LogP contribution >= 0.6 is 0 Å². The molecule has 0 spiro atoms. The summed E-state index contributed by atoms with van der Waals surface area (Å²) >= 11 is 0. The molecule has 2 aromatic heterocycles. The van der Waals surface area contributed by atoms with Gasteiger partial charge >= 0.3 is 23.1 Å².